The van der Waals surface area contributed by atoms with Gasteiger partial charge in [0.15, 0.2) is 0 Å². The molecule has 0 bridgehead atoms. The van der Waals surface area contributed by atoms with Gasteiger partial charge < -0.3 is 9.47 Å². The van der Waals surface area contributed by atoms with E-state index >= 15 is 0 Å². The Balaban J connectivity index is 2.13. The van der Waals surface area contributed by atoms with Gasteiger partial charge in [-0.15, -0.1) is 11.3 Å². The average molecular weight is 242 g/mol. The highest BCUT2D eigenvalue weighted by atomic mass is 32.1. The van der Waals surface area contributed by atoms with Crippen LogP contribution in [-0.4, -0.2) is 25.2 Å². The fraction of sp³-hybridized carbons (Fsp3) is 0.455. The molecule has 16 heavy (non-hydrogen) atoms. The Kier molecular flexibility index (Phi) is 5.56. The van der Waals surface area contributed by atoms with Crippen LogP contribution in [0.15, 0.2) is 17.5 Å². The Morgan fingerprint density at radius 2 is 2.06 bits per heavy atom. The molecule has 0 radical (unpaired) electrons. The van der Waals surface area contributed by atoms with E-state index in [1.54, 1.807) is 18.3 Å². The molecule has 1 rings (SSSR count). The second-order valence-electron chi connectivity index (χ2n) is 3.03. The Bertz CT molecular complexity index is 332. The lowest BCUT2D eigenvalue weighted by molar-refractivity contribution is -0.154. The summed E-state index contributed by atoms with van der Waals surface area (Å²) in [6.45, 7) is 2.28. The van der Waals surface area contributed by atoms with Gasteiger partial charge in [-0.2, -0.15) is 0 Å². The van der Waals surface area contributed by atoms with Crippen LogP contribution in [0.3, 0.4) is 0 Å². The molecule has 0 atom stereocenters. The van der Waals surface area contributed by atoms with E-state index in [0.717, 1.165) is 4.88 Å². The van der Waals surface area contributed by atoms with Gasteiger partial charge in [0.25, 0.3) is 0 Å². The first-order valence-electron chi connectivity index (χ1n) is 5.06. The minimum Gasteiger partial charge on any atom is -0.466 e. The predicted molar refractivity (Wildman–Crippen MR) is 60.2 cm³/mol. The molecular formula is C11H14O4S. The number of rotatable bonds is 6. The van der Waals surface area contributed by atoms with Crippen molar-refractivity contribution in [2.45, 2.75) is 19.8 Å². The van der Waals surface area contributed by atoms with Crippen LogP contribution >= 0.6 is 11.3 Å². The summed E-state index contributed by atoms with van der Waals surface area (Å²) in [6, 6.07) is 3.92. The van der Waals surface area contributed by atoms with Crippen molar-refractivity contribution < 1.29 is 19.1 Å². The summed E-state index contributed by atoms with van der Waals surface area (Å²) < 4.78 is 9.53. The number of thiophene rings is 1. The number of carbonyl (C=O) groups is 2. The normalized spacial score (nSPS) is 9.81. The maximum atomic E-state index is 11.1. The van der Waals surface area contributed by atoms with Gasteiger partial charge in [0.05, 0.1) is 13.2 Å². The average Bonchev–Trinajstić information content (AvgIpc) is 2.70. The number of esters is 2. The third-order valence-corrected chi connectivity index (χ3v) is 2.72. The van der Waals surface area contributed by atoms with Crippen molar-refractivity contribution in [3.8, 4) is 0 Å². The molecule has 1 heterocycles. The van der Waals surface area contributed by atoms with Crippen molar-refractivity contribution in [2.24, 2.45) is 0 Å². The van der Waals surface area contributed by atoms with Crippen molar-refractivity contribution in [2.75, 3.05) is 13.2 Å². The molecule has 1 aromatic heterocycles. The van der Waals surface area contributed by atoms with Gasteiger partial charge in [-0.3, -0.25) is 9.59 Å². The molecule has 0 aliphatic heterocycles. The van der Waals surface area contributed by atoms with Gasteiger partial charge in [-0.1, -0.05) is 6.07 Å². The third-order valence-electron chi connectivity index (χ3n) is 1.79. The molecule has 0 amide bonds. The summed E-state index contributed by atoms with van der Waals surface area (Å²) in [5.74, 6) is -1.07. The van der Waals surface area contributed by atoms with Gasteiger partial charge in [-0.05, 0) is 18.4 Å². The molecular weight excluding hydrogens is 228 g/mol. The molecule has 0 spiro atoms. The van der Waals surface area contributed by atoms with Gasteiger partial charge in [0, 0.05) is 11.3 Å². The summed E-state index contributed by atoms with van der Waals surface area (Å²) in [7, 11) is 0. The first kappa shape index (κ1) is 12.7. The zero-order valence-electron chi connectivity index (χ0n) is 9.10. The zero-order chi connectivity index (χ0) is 11.8. The number of ether oxygens (including phenoxy) is 2. The molecule has 88 valence electrons. The summed E-state index contributed by atoms with van der Waals surface area (Å²) in [6.07, 6.45) is 0.379. The highest BCUT2D eigenvalue weighted by Crippen LogP contribution is 2.09. The summed E-state index contributed by atoms with van der Waals surface area (Å²) in [5, 5.41) is 1.97. The first-order valence-corrected chi connectivity index (χ1v) is 5.94. The van der Waals surface area contributed by atoms with Crippen molar-refractivity contribution >= 4 is 23.3 Å². The molecule has 0 saturated heterocycles. The lowest BCUT2D eigenvalue weighted by atomic mass is 10.3. The minimum atomic E-state index is -0.538. The molecule has 0 aromatic carbocycles. The molecule has 0 fully saturated rings. The fourth-order valence-corrected chi connectivity index (χ4v) is 1.79. The van der Waals surface area contributed by atoms with E-state index in [-0.39, 0.29) is 13.0 Å². The molecule has 5 heteroatoms. The molecule has 4 nitrogen and oxygen atoms in total. The number of carbonyl (C=O) groups excluding carboxylic acids is 2. The highest BCUT2D eigenvalue weighted by molar-refractivity contribution is 7.09. The van der Waals surface area contributed by atoms with E-state index in [9.17, 15) is 9.59 Å². The first-order chi connectivity index (χ1) is 7.72. The highest BCUT2D eigenvalue weighted by Gasteiger charge is 2.11. The monoisotopic (exact) mass is 242 g/mol. The van der Waals surface area contributed by atoms with Crippen molar-refractivity contribution in [3.63, 3.8) is 0 Å². The lowest BCUT2D eigenvalue weighted by Crippen LogP contribution is -2.14. The largest absolute Gasteiger partial charge is 0.466 e. The fourth-order valence-electron chi connectivity index (χ4n) is 1.10. The second kappa shape index (κ2) is 7.00. The number of hydrogen-bond donors (Lipinski definition) is 0. The summed E-state index contributed by atoms with van der Waals surface area (Å²) >= 11 is 1.61. The number of hydrogen-bond acceptors (Lipinski definition) is 5. The van der Waals surface area contributed by atoms with Gasteiger partial charge in [0.1, 0.15) is 6.42 Å². The Morgan fingerprint density at radius 3 is 2.69 bits per heavy atom. The van der Waals surface area contributed by atoms with E-state index < -0.39 is 11.9 Å². The maximum Gasteiger partial charge on any atom is 0.317 e. The Hall–Kier alpha value is -1.36. The molecule has 0 saturated carbocycles. The lowest BCUT2D eigenvalue weighted by Gasteiger charge is -2.03. The maximum absolute atomic E-state index is 11.1. The molecule has 0 aliphatic carbocycles. The third kappa shape index (κ3) is 4.93. The topological polar surface area (TPSA) is 52.6 Å². The standard InChI is InChI=1S/C11H14O4S/c1-2-14-10(12)8-11(13)15-6-5-9-4-3-7-16-9/h3-4,7H,2,5-6,8H2,1H3. The SMILES string of the molecule is CCOC(=O)CC(=O)OCCc1cccs1. The van der Waals surface area contributed by atoms with Crippen LogP contribution in [0.4, 0.5) is 0 Å². The van der Waals surface area contributed by atoms with Crippen LogP contribution < -0.4 is 0 Å². The van der Waals surface area contributed by atoms with Gasteiger partial charge in [0.2, 0.25) is 0 Å². The van der Waals surface area contributed by atoms with E-state index in [1.165, 1.54) is 0 Å². The zero-order valence-corrected chi connectivity index (χ0v) is 9.92. The van der Waals surface area contributed by atoms with E-state index in [4.69, 9.17) is 4.74 Å². The van der Waals surface area contributed by atoms with Crippen molar-refractivity contribution in [1.82, 2.24) is 0 Å². The predicted octanol–water partition coefficient (Wildman–Crippen LogP) is 1.79. The molecule has 1 aromatic rings. The van der Waals surface area contributed by atoms with E-state index in [1.807, 2.05) is 17.5 Å². The second-order valence-corrected chi connectivity index (χ2v) is 4.06. The smallest absolute Gasteiger partial charge is 0.317 e. The molecule has 0 unspecified atom stereocenters. The molecule has 0 N–H and O–H groups in total. The van der Waals surface area contributed by atoms with Crippen LogP contribution in [0.1, 0.15) is 18.2 Å². The van der Waals surface area contributed by atoms with Crippen molar-refractivity contribution in [1.29, 1.82) is 0 Å². The van der Waals surface area contributed by atoms with Crippen molar-refractivity contribution in [3.05, 3.63) is 22.4 Å². The summed E-state index contributed by atoms with van der Waals surface area (Å²) in [5.41, 5.74) is 0. The van der Waals surface area contributed by atoms with E-state index in [2.05, 4.69) is 4.74 Å². The van der Waals surface area contributed by atoms with Gasteiger partial charge in [-0.25, -0.2) is 0 Å². The van der Waals surface area contributed by atoms with Crippen LogP contribution in [0, 0.1) is 0 Å². The Morgan fingerprint density at radius 1 is 1.31 bits per heavy atom. The minimum absolute atomic E-state index is 0.279. The van der Waals surface area contributed by atoms with Crippen LogP contribution in [0.2, 0.25) is 0 Å². The quantitative estimate of drug-likeness (QED) is 0.563. The van der Waals surface area contributed by atoms with Crippen LogP contribution in [0.5, 0.6) is 0 Å². The summed E-state index contributed by atoms with van der Waals surface area (Å²) in [4.78, 5) is 23.2. The van der Waals surface area contributed by atoms with Gasteiger partial charge >= 0.3 is 11.9 Å². The van der Waals surface area contributed by atoms with Crippen LogP contribution in [0.25, 0.3) is 0 Å². The Labute approximate surface area is 98.2 Å². The van der Waals surface area contributed by atoms with E-state index in [0.29, 0.717) is 13.0 Å². The molecule has 0 aliphatic rings. The van der Waals surface area contributed by atoms with Crippen LogP contribution in [-0.2, 0) is 25.5 Å².